The summed E-state index contributed by atoms with van der Waals surface area (Å²) in [7, 11) is -106. The van der Waals surface area contributed by atoms with Gasteiger partial charge in [-0.2, -0.15) is 135 Å². The van der Waals surface area contributed by atoms with Gasteiger partial charge in [-0.3, -0.25) is 77.5 Å². The van der Waals surface area contributed by atoms with E-state index in [9.17, 15) is 208 Å². The second kappa shape index (κ2) is 50.7. The third-order valence-electron chi connectivity index (χ3n) is 19.3. The first-order chi connectivity index (χ1) is 66.8. The number of rotatable bonds is 60. The Balaban J connectivity index is 1.30. The van der Waals surface area contributed by atoms with Crippen molar-refractivity contribution in [2.24, 2.45) is 0 Å². The summed E-state index contributed by atoms with van der Waals surface area (Å²) in [5, 5.41) is 10.5. The summed E-state index contributed by atoms with van der Waals surface area (Å²) < 4.78 is 697. The molecule has 77 nitrogen and oxygen atoms in total. The summed E-state index contributed by atoms with van der Waals surface area (Å²) >= 11 is 0. The van der Waals surface area contributed by atoms with Crippen LogP contribution in [-0.4, -0.2) is 416 Å². The van der Waals surface area contributed by atoms with Crippen molar-refractivity contribution in [2.75, 3.05) is 39.6 Å². The van der Waals surface area contributed by atoms with Gasteiger partial charge in [0.25, 0.3) is 0 Å². The zero-order valence-corrected chi connectivity index (χ0v) is 84.8. The maximum absolute atomic E-state index is 13.5. The molecule has 5 aliphatic heterocycles. The third-order valence-corrected chi connectivity index (χ3v) is 26.5. The standard InChI is InChI=1S/C54H83N3O74S16/c58-132(59,60)107-21-30-35(121-137(73,74)75)40(117-52-47(129-145(97,98)99)41(36(122-138(76,77)78)31(114-52)22-108-133(61,62)63)119-54-49(131-147(103,104)105)44(127-143(91,92)93)39(125-141(85,86)87)34(116-54)25-111-136(70,71)72)46(128-144(94,95)96)51(113-30)118-42-37(123-139(79,80)81)32(23-109-134(64,65)66)115-53(48(42)130-146(100,101)102)120-45-43(126-142(88,89)90)38(124-140(82,83)84)33(24-110-135(67,68)69)112-50(45)106-19-12-8-6-4-2-1-3-5-7-11-18-57-20-29(55-56-57)28-17-13-15-26-14-9-10-16-27(26)28/h9-10,13-17,20,30-54H,1-8,11-12,18-19,21-25H2,(H,58,59,60)(H,61,62,63)(H,64,65,66)(H,67,68,69)(H,70,71,72)(H,73,74,75)(H,76,77,78)(H,79,80,81)(H,82,83,84)(H,85,86,87)(H,88,89,90)(H,91,92,93)(H,94,95,96)(H,97,98,99)(H,100,101,102)(H,103,104,105)/t30-,31-,32-,33-,34-,35-,36-,37-,38-,39-,40+,41+,42+,43+,44+,45+,46+,47+,48+,49+,50+,51-,52-,53-,54-/m1/s1. The molecular weight excluding hydrogens is 2390 g/mol. The molecule has 16 N–H and O–H groups in total. The van der Waals surface area contributed by atoms with E-state index < -0.39 is 360 Å². The first kappa shape index (κ1) is 128. The quantitative estimate of drug-likeness (QED) is 0.0184. The van der Waals surface area contributed by atoms with Crippen LogP contribution in [0.2, 0.25) is 0 Å². The fourth-order valence-electron chi connectivity index (χ4n) is 14.4. The van der Waals surface area contributed by atoms with Crippen molar-refractivity contribution in [1.29, 1.82) is 0 Å². The molecule has 147 heavy (non-hydrogen) atoms. The number of fused-ring (bicyclic) bond motifs is 1. The fraction of sp³-hybridized carbons (Fsp3) is 0.778. The van der Waals surface area contributed by atoms with Crippen LogP contribution < -0.4 is 0 Å². The number of ether oxygens (including phenoxy) is 10. The Morgan fingerprint density at radius 1 is 0.245 bits per heavy atom. The topological polar surface area (TPSA) is 1140 Å². The molecular formula is C54H83N3O74S16. The molecule has 5 fully saturated rings. The van der Waals surface area contributed by atoms with Crippen molar-refractivity contribution in [3.05, 3.63) is 48.7 Å². The van der Waals surface area contributed by atoms with Crippen LogP contribution in [0.5, 0.6) is 0 Å². The molecule has 0 radical (unpaired) electrons. The van der Waals surface area contributed by atoms with E-state index in [1.807, 2.05) is 42.5 Å². The van der Waals surface area contributed by atoms with E-state index in [0.29, 0.717) is 44.3 Å². The van der Waals surface area contributed by atoms with Gasteiger partial charge in [0, 0.05) is 18.7 Å². The average Bonchev–Trinajstić information content (AvgIpc) is 0.868. The number of hydrogen-bond acceptors (Lipinski definition) is 60. The summed E-state index contributed by atoms with van der Waals surface area (Å²) in [6.07, 6.45) is -89.1. The summed E-state index contributed by atoms with van der Waals surface area (Å²) in [4.78, 5) is 0. The molecule has 5 aliphatic rings. The van der Waals surface area contributed by atoms with E-state index >= 15 is 0 Å². The third kappa shape index (κ3) is 45.2. The maximum Gasteiger partial charge on any atom is 0.397 e. The molecule has 5 saturated heterocycles. The van der Waals surface area contributed by atoms with E-state index in [2.05, 4.69) is 77.2 Å². The molecule has 1 aromatic heterocycles. The van der Waals surface area contributed by atoms with Crippen LogP contribution in [0.25, 0.3) is 22.0 Å². The monoisotopic (exact) mass is 2470 g/mol. The lowest BCUT2D eigenvalue weighted by Crippen LogP contribution is -2.70. The molecule has 2 aromatic carbocycles. The Morgan fingerprint density at radius 2 is 0.476 bits per heavy atom. The fourth-order valence-corrected chi connectivity index (χ4v) is 21.4. The normalized spacial score (nSPS) is 29.4. The number of aryl methyl sites for hydroxylation is 1. The lowest BCUT2D eigenvalue weighted by Gasteiger charge is -2.51. The van der Waals surface area contributed by atoms with E-state index in [1.54, 1.807) is 10.9 Å². The lowest BCUT2D eigenvalue weighted by atomic mass is 9.95. The van der Waals surface area contributed by atoms with Gasteiger partial charge >= 0.3 is 166 Å². The highest BCUT2D eigenvalue weighted by Gasteiger charge is 2.65. The second-order valence-corrected chi connectivity index (χ2v) is 46.8. The van der Waals surface area contributed by atoms with Crippen LogP contribution in [0.1, 0.15) is 64.2 Å². The molecule has 0 aliphatic carbocycles. The van der Waals surface area contributed by atoms with Crippen LogP contribution in [0, 0.1) is 0 Å². The van der Waals surface area contributed by atoms with Crippen LogP contribution in [0.3, 0.4) is 0 Å². The van der Waals surface area contributed by atoms with Gasteiger partial charge in [-0.25, -0.2) is 66.9 Å². The molecule has 6 heterocycles. The summed E-state index contributed by atoms with van der Waals surface area (Å²) in [6.45, 7) is -12.3. The van der Waals surface area contributed by atoms with Crippen LogP contribution >= 0.6 is 0 Å². The van der Waals surface area contributed by atoms with Gasteiger partial charge < -0.3 is 47.4 Å². The van der Waals surface area contributed by atoms with E-state index in [1.165, 1.54) is 0 Å². The predicted octanol–water partition coefficient (Wildman–Crippen LogP) is -7.65. The van der Waals surface area contributed by atoms with Crippen molar-refractivity contribution in [2.45, 2.75) is 224 Å². The zero-order valence-electron chi connectivity index (χ0n) is 71.8. The molecule has 93 heteroatoms. The summed E-state index contributed by atoms with van der Waals surface area (Å²) in [5.74, 6) is 0. The summed E-state index contributed by atoms with van der Waals surface area (Å²) in [5.41, 5.74) is 1.49. The molecule has 8 rings (SSSR count). The first-order valence-corrected chi connectivity index (χ1v) is 60.8. The number of benzene rings is 2. The van der Waals surface area contributed by atoms with Gasteiger partial charge in [0.1, 0.15) is 103 Å². The molecule has 0 spiro atoms. The lowest BCUT2D eigenvalue weighted by molar-refractivity contribution is -0.388. The Kier molecular flexibility index (Phi) is 44.0. The SMILES string of the molecule is O=S(=O)(O)OC[C@H]1O[C@H](OCCCCCCCCCCCCn2cc(-c3cccc4ccccc34)nn2)[C@@H](O[C@H]2O[C@H](COS(=O)(=O)O)[C@@H](OS(=O)(=O)O)[C@H](O[C@H]3O[C@H](COS(=O)(=O)O)[C@@H](OS(=O)(=O)O)[C@H](O[C@H]4O[C@H](COS(=O)(=O)O)[C@@H](OS(=O)(=O)O)[C@H](O[C@H]5O[C@H](COS(=O)(=O)O)[C@@H](OS(=O)(=O)O)[C@H](OS(=O)(=O)O)[C@@H]5OS(=O)(=O)O)[C@@H]4OS(=O)(=O)O)[C@@H]3OS(=O)(=O)O)[C@@H]2OS(=O)(=O)O)[C@@H](OS(=O)(=O)O)[C@@H]1OS(=O)(=O)O. The second-order valence-electron chi connectivity index (χ2n) is 29.9. The highest BCUT2D eigenvalue weighted by Crippen LogP contribution is 2.44. The molecule has 25 atom stereocenters. The maximum atomic E-state index is 13.5. The first-order valence-electron chi connectivity index (χ1n) is 39.0. The number of nitrogens with zero attached hydrogens (tertiary/aromatic N) is 3. The Labute approximate surface area is 832 Å². The van der Waals surface area contributed by atoms with Gasteiger partial charge in [0.05, 0.1) is 39.2 Å². The van der Waals surface area contributed by atoms with E-state index in [4.69, 9.17) is 47.4 Å². The van der Waals surface area contributed by atoms with Gasteiger partial charge in [-0.05, 0) is 23.6 Å². The summed E-state index contributed by atoms with van der Waals surface area (Å²) in [6, 6.07) is 13.3. The predicted molar refractivity (Wildman–Crippen MR) is 446 cm³/mol. The Bertz CT molecular complexity index is 6980. The molecule has 0 unspecified atom stereocenters. The van der Waals surface area contributed by atoms with E-state index in [-0.39, 0.29) is 19.3 Å². The van der Waals surface area contributed by atoms with Gasteiger partial charge in [-0.1, -0.05) is 99.0 Å². The van der Waals surface area contributed by atoms with Gasteiger partial charge in [-0.15, -0.1) is 5.10 Å². The number of unbranched alkanes of at least 4 members (excludes halogenated alkanes) is 9. The van der Waals surface area contributed by atoms with Crippen LogP contribution in [0.15, 0.2) is 48.7 Å². The van der Waals surface area contributed by atoms with Crippen molar-refractivity contribution in [3.8, 4) is 11.3 Å². The number of hydrogen-bond donors (Lipinski definition) is 16. The number of aromatic nitrogens is 3. The van der Waals surface area contributed by atoms with Crippen molar-refractivity contribution >= 4 is 177 Å². The minimum absolute atomic E-state index is 0.0225. The highest BCUT2D eigenvalue weighted by molar-refractivity contribution is 7.84. The Morgan fingerprint density at radius 3 is 0.769 bits per heavy atom. The molecule has 0 saturated carbocycles. The van der Waals surface area contributed by atoms with Gasteiger partial charge in [0.15, 0.2) is 55.9 Å². The molecule has 0 bridgehead atoms. The van der Waals surface area contributed by atoms with Crippen molar-refractivity contribution in [3.63, 3.8) is 0 Å². The minimum Gasteiger partial charge on any atom is -0.350 e. The van der Waals surface area contributed by atoms with Gasteiger partial charge in [0.2, 0.25) is 0 Å². The van der Waals surface area contributed by atoms with E-state index in [0.717, 1.165) is 29.2 Å². The largest absolute Gasteiger partial charge is 0.397 e. The van der Waals surface area contributed by atoms with Crippen LogP contribution in [0.4, 0.5) is 0 Å². The molecule has 854 valence electrons. The Hall–Kier alpha value is -4.64. The van der Waals surface area contributed by atoms with Crippen molar-refractivity contribution in [1.82, 2.24) is 15.0 Å². The van der Waals surface area contributed by atoms with Crippen LogP contribution in [-0.2, 0) is 287 Å². The van der Waals surface area contributed by atoms with Crippen molar-refractivity contribution < 1.29 is 322 Å². The smallest absolute Gasteiger partial charge is 0.350 e. The molecule has 0 amide bonds. The zero-order chi connectivity index (χ0) is 111. The average molecular weight is 2470 g/mol. The molecule has 3 aromatic rings. The highest BCUT2D eigenvalue weighted by atomic mass is 32.3. The minimum atomic E-state index is -7.13.